The fourth-order valence-corrected chi connectivity index (χ4v) is 1.54. The van der Waals surface area contributed by atoms with Crippen molar-refractivity contribution in [3.63, 3.8) is 0 Å². The first-order valence-electron chi connectivity index (χ1n) is 5.95. The van der Waals surface area contributed by atoms with Crippen LogP contribution in [-0.4, -0.2) is 6.73 Å². The lowest BCUT2D eigenvalue weighted by Crippen LogP contribution is -2.18. The fourth-order valence-electron chi connectivity index (χ4n) is 1.54. The van der Waals surface area contributed by atoms with E-state index in [1.165, 1.54) is 0 Å². The number of hydroxylamine groups is 1. The van der Waals surface area contributed by atoms with E-state index in [0.717, 1.165) is 11.1 Å². The molecule has 94 valence electrons. The second-order valence-corrected chi connectivity index (χ2v) is 3.90. The van der Waals surface area contributed by atoms with Gasteiger partial charge in [-0.3, -0.25) is 4.84 Å². The maximum atomic E-state index is 5.42. The van der Waals surface area contributed by atoms with Gasteiger partial charge in [-0.1, -0.05) is 60.7 Å². The Labute approximate surface area is 107 Å². The van der Waals surface area contributed by atoms with Crippen molar-refractivity contribution >= 4 is 0 Å². The maximum absolute atomic E-state index is 5.42. The van der Waals surface area contributed by atoms with Crippen LogP contribution in [0.15, 0.2) is 60.7 Å². The minimum Gasteiger partial charge on any atom is -0.360 e. The Morgan fingerprint density at radius 1 is 0.722 bits per heavy atom. The fraction of sp³-hybridized carbons (Fsp3) is 0.200. The lowest BCUT2D eigenvalue weighted by Gasteiger charge is -2.07. The Morgan fingerprint density at radius 2 is 1.28 bits per heavy atom. The Balaban J connectivity index is 1.54. The van der Waals surface area contributed by atoms with Gasteiger partial charge in [0.25, 0.3) is 0 Å². The van der Waals surface area contributed by atoms with E-state index in [2.05, 4.69) is 5.48 Å². The van der Waals surface area contributed by atoms with Gasteiger partial charge in [0.15, 0.2) is 0 Å². The van der Waals surface area contributed by atoms with Crippen LogP contribution in [0.25, 0.3) is 0 Å². The summed E-state index contributed by atoms with van der Waals surface area (Å²) in [5, 5.41) is 0. The van der Waals surface area contributed by atoms with Crippen LogP contribution in [0.1, 0.15) is 11.1 Å². The summed E-state index contributed by atoms with van der Waals surface area (Å²) in [5.74, 6) is 0. The molecule has 3 nitrogen and oxygen atoms in total. The SMILES string of the molecule is c1ccc(COCNOCc2ccccc2)cc1. The highest BCUT2D eigenvalue weighted by molar-refractivity contribution is 5.14. The van der Waals surface area contributed by atoms with Gasteiger partial charge in [-0.25, -0.2) is 0 Å². The largest absolute Gasteiger partial charge is 0.360 e. The minimum absolute atomic E-state index is 0.377. The van der Waals surface area contributed by atoms with E-state index in [1.54, 1.807) is 0 Å². The summed E-state index contributed by atoms with van der Waals surface area (Å²) in [6.45, 7) is 1.50. The van der Waals surface area contributed by atoms with Gasteiger partial charge in [0.1, 0.15) is 6.73 Å². The molecule has 0 amide bonds. The van der Waals surface area contributed by atoms with Crippen LogP contribution in [0.3, 0.4) is 0 Å². The van der Waals surface area contributed by atoms with Gasteiger partial charge in [0.05, 0.1) is 13.2 Å². The molecule has 0 aliphatic heterocycles. The van der Waals surface area contributed by atoms with E-state index in [0.29, 0.717) is 19.9 Å². The van der Waals surface area contributed by atoms with E-state index in [-0.39, 0.29) is 0 Å². The summed E-state index contributed by atoms with van der Waals surface area (Å²) < 4.78 is 5.42. The lowest BCUT2D eigenvalue weighted by atomic mass is 10.2. The van der Waals surface area contributed by atoms with Gasteiger partial charge in [-0.05, 0) is 11.1 Å². The van der Waals surface area contributed by atoms with Gasteiger partial charge in [0, 0.05) is 0 Å². The maximum Gasteiger partial charge on any atom is 0.119 e. The summed E-state index contributed by atoms with van der Waals surface area (Å²) in [4.78, 5) is 5.28. The zero-order valence-corrected chi connectivity index (χ0v) is 10.2. The number of ether oxygens (including phenoxy) is 1. The molecule has 0 saturated heterocycles. The number of hydrogen-bond acceptors (Lipinski definition) is 3. The molecule has 0 fully saturated rings. The Morgan fingerprint density at radius 3 is 1.89 bits per heavy atom. The van der Waals surface area contributed by atoms with Gasteiger partial charge >= 0.3 is 0 Å². The average Bonchev–Trinajstić information content (AvgIpc) is 2.45. The molecule has 0 aliphatic rings. The number of hydrogen-bond donors (Lipinski definition) is 1. The van der Waals surface area contributed by atoms with E-state index in [9.17, 15) is 0 Å². The Kier molecular flexibility index (Phi) is 5.40. The van der Waals surface area contributed by atoms with Crippen molar-refractivity contribution in [1.29, 1.82) is 0 Å². The highest BCUT2D eigenvalue weighted by Gasteiger charge is 1.93. The van der Waals surface area contributed by atoms with Crippen molar-refractivity contribution in [1.82, 2.24) is 5.48 Å². The van der Waals surface area contributed by atoms with E-state index in [1.807, 2.05) is 60.7 Å². The molecule has 0 radical (unpaired) electrons. The summed E-state index contributed by atoms with van der Waals surface area (Å²) in [7, 11) is 0. The average molecular weight is 243 g/mol. The molecule has 1 N–H and O–H groups in total. The molecule has 0 aliphatic carbocycles. The first kappa shape index (κ1) is 12.8. The van der Waals surface area contributed by atoms with Crippen molar-refractivity contribution in [2.24, 2.45) is 0 Å². The Hall–Kier alpha value is -1.68. The summed E-state index contributed by atoms with van der Waals surface area (Å²) in [5.41, 5.74) is 5.07. The molecule has 0 aromatic heterocycles. The molecular weight excluding hydrogens is 226 g/mol. The number of benzene rings is 2. The topological polar surface area (TPSA) is 30.5 Å². The zero-order valence-electron chi connectivity index (χ0n) is 10.2. The van der Waals surface area contributed by atoms with Crippen molar-refractivity contribution in [3.05, 3.63) is 71.8 Å². The predicted molar refractivity (Wildman–Crippen MR) is 70.5 cm³/mol. The van der Waals surface area contributed by atoms with Gasteiger partial charge in [-0.15, -0.1) is 0 Å². The van der Waals surface area contributed by atoms with Gasteiger partial charge in [-0.2, -0.15) is 5.48 Å². The third-order valence-corrected chi connectivity index (χ3v) is 2.46. The molecule has 2 rings (SSSR count). The van der Waals surface area contributed by atoms with Crippen LogP contribution in [0.5, 0.6) is 0 Å². The van der Waals surface area contributed by atoms with Crippen molar-refractivity contribution in [2.45, 2.75) is 13.2 Å². The molecule has 3 heteroatoms. The predicted octanol–water partition coefficient (Wildman–Crippen LogP) is 2.88. The second-order valence-electron chi connectivity index (χ2n) is 3.90. The first-order chi connectivity index (χ1) is 8.95. The molecule has 0 spiro atoms. The number of rotatable bonds is 7. The summed E-state index contributed by atoms with van der Waals surface area (Å²) in [6.07, 6.45) is 0. The molecule has 0 heterocycles. The zero-order chi connectivity index (χ0) is 12.5. The van der Waals surface area contributed by atoms with Crippen LogP contribution in [0, 0.1) is 0 Å². The van der Waals surface area contributed by atoms with Crippen molar-refractivity contribution in [2.75, 3.05) is 6.73 Å². The molecule has 0 saturated carbocycles. The monoisotopic (exact) mass is 243 g/mol. The quantitative estimate of drug-likeness (QED) is 0.461. The molecule has 2 aromatic carbocycles. The minimum atomic E-state index is 0.377. The van der Waals surface area contributed by atoms with Crippen LogP contribution >= 0.6 is 0 Å². The third-order valence-electron chi connectivity index (χ3n) is 2.46. The van der Waals surface area contributed by atoms with Crippen LogP contribution in [0.2, 0.25) is 0 Å². The first-order valence-corrected chi connectivity index (χ1v) is 5.95. The lowest BCUT2D eigenvalue weighted by molar-refractivity contribution is -0.0463. The smallest absolute Gasteiger partial charge is 0.119 e. The summed E-state index contributed by atoms with van der Waals surface area (Å²) in [6, 6.07) is 20.1. The molecule has 0 unspecified atom stereocenters. The molecular formula is C15H17NO2. The van der Waals surface area contributed by atoms with Crippen molar-refractivity contribution in [3.8, 4) is 0 Å². The summed E-state index contributed by atoms with van der Waals surface area (Å²) >= 11 is 0. The van der Waals surface area contributed by atoms with Crippen molar-refractivity contribution < 1.29 is 9.57 Å². The third kappa shape index (κ3) is 4.67. The molecule has 2 aromatic rings. The van der Waals surface area contributed by atoms with Gasteiger partial charge in [0.2, 0.25) is 0 Å². The van der Waals surface area contributed by atoms with E-state index in [4.69, 9.17) is 9.57 Å². The van der Waals surface area contributed by atoms with Crippen LogP contribution in [0.4, 0.5) is 0 Å². The van der Waals surface area contributed by atoms with E-state index < -0.39 is 0 Å². The highest BCUT2D eigenvalue weighted by atomic mass is 16.7. The molecule has 18 heavy (non-hydrogen) atoms. The second kappa shape index (κ2) is 7.61. The number of nitrogens with one attached hydrogen (secondary N) is 1. The normalized spacial score (nSPS) is 10.4. The van der Waals surface area contributed by atoms with Gasteiger partial charge < -0.3 is 4.74 Å². The van der Waals surface area contributed by atoms with E-state index >= 15 is 0 Å². The highest BCUT2D eigenvalue weighted by Crippen LogP contribution is 2.00. The van der Waals surface area contributed by atoms with Crippen LogP contribution in [-0.2, 0) is 22.8 Å². The standard InChI is InChI=1S/C15H17NO2/c1-3-7-14(8-4-1)11-17-13-16-18-12-15-9-5-2-6-10-15/h1-10,16H,11-13H2. The Bertz CT molecular complexity index is 387. The van der Waals surface area contributed by atoms with Crippen LogP contribution < -0.4 is 5.48 Å². The molecule has 0 bridgehead atoms. The molecule has 0 atom stereocenters.